The normalized spacial score (nSPS) is 11.7. The van der Waals surface area contributed by atoms with Gasteiger partial charge in [0.15, 0.2) is 0 Å². The molecule has 0 aromatic heterocycles. The van der Waals surface area contributed by atoms with Crippen LogP contribution < -0.4 is 10.1 Å². The monoisotopic (exact) mass is 271 g/mol. The first-order valence-electron chi connectivity index (χ1n) is 6.34. The fourth-order valence-electron chi connectivity index (χ4n) is 1.99. The lowest BCUT2D eigenvalue weighted by Crippen LogP contribution is -2.26. The molecule has 0 aliphatic carbocycles. The van der Waals surface area contributed by atoms with E-state index < -0.39 is 0 Å². The van der Waals surface area contributed by atoms with Crippen molar-refractivity contribution >= 4 is 5.91 Å². The molecule has 0 unspecified atom stereocenters. The van der Waals surface area contributed by atoms with Crippen molar-refractivity contribution in [3.05, 3.63) is 59.7 Å². The van der Waals surface area contributed by atoms with Crippen LogP contribution in [0.25, 0.3) is 0 Å². The lowest BCUT2D eigenvalue weighted by atomic mass is 10.1. The minimum Gasteiger partial charge on any atom is -0.508 e. The van der Waals surface area contributed by atoms with Gasteiger partial charge in [0.1, 0.15) is 11.5 Å². The molecule has 104 valence electrons. The number of phenolic OH excluding ortho intramolecular Hbond substituents is 1. The summed E-state index contributed by atoms with van der Waals surface area (Å²) in [6.07, 6.45) is 0. The highest BCUT2D eigenvalue weighted by Crippen LogP contribution is 2.24. The maximum atomic E-state index is 12.1. The van der Waals surface area contributed by atoms with Gasteiger partial charge >= 0.3 is 0 Å². The number of aromatic hydroxyl groups is 1. The highest BCUT2D eigenvalue weighted by Gasteiger charge is 2.14. The summed E-state index contributed by atoms with van der Waals surface area (Å²) in [4.78, 5) is 12.1. The molecule has 0 saturated heterocycles. The van der Waals surface area contributed by atoms with Crippen LogP contribution in [0, 0.1) is 0 Å². The molecule has 0 spiro atoms. The Kier molecular flexibility index (Phi) is 4.25. The van der Waals surface area contributed by atoms with Gasteiger partial charge in [-0.2, -0.15) is 0 Å². The van der Waals surface area contributed by atoms with E-state index in [4.69, 9.17) is 4.74 Å². The van der Waals surface area contributed by atoms with Crippen molar-refractivity contribution in [2.45, 2.75) is 13.0 Å². The lowest BCUT2D eigenvalue weighted by Gasteiger charge is -2.17. The van der Waals surface area contributed by atoms with E-state index in [1.165, 1.54) is 12.1 Å². The second-order valence-corrected chi connectivity index (χ2v) is 4.48. The molecule has 4 heteroatoms. The van der Waals surface area contributed by atoms with Crippen molar-refractivity contribution in [2.24, 2.45) is 0 Å². The van der Waals surface area contributed by atoms with Crippen molar-refractivity contribution in [3.63, 3.8) is 0 Å². The molecule has 2 aromatic carbocycles. The van der Waals surface area contributed by atoms with Gasteiger partial charge in [0.05, 0.1) is 13.2 Å². The number of carbonyl (C=O) groups is 1. The number of methoxy groups -OCH3 is 1. The predicted octanol–water partition coefficient (Wildman–Crippen LogP) is 2.89. The molecule has 1 amide bonds. The summed E-state index contributed by atoms with van der Waals surface area (Å²) in [5.41, 5.74) is 1.42. The molecule has 0 bridgehead atoms. The molecular weight excluding hydrogens is 254 g/mol. The van der Waals surface area contributed by atoms with Crippen LogP contribution in [0.15, 0.2) is 48.5 Å². The SMILES string of the molecule is COc1ccccc1[C@@H](C)NC(=O)c1ccc(O)cc1. The summed E-state index contributed by atoms with van der Waals surface area (Å²) in [7, 11) is 1.60. The van der Waals surface area contributed by atoms with E-state index in [0.29, 0.717) is 5.56 Å². The van der Waals surface area contributed by atoms with Crippen molar-refractivity contribution in [1.29, 1.82) is 0 Å². The molecule has 0 radical (unpaired) electrons. The van der Waals surface area contributed by atoms with Crippen LogP contribution in [0.5, 0.6) is 11.5 Å². The molecule has 2 rings (SSSR count). The minimum absolute atomic E-state index is 0.138. The van der Waals surface area contributed by atoms with Crippen LogP contribution in [0.2, 0.25) is 0 Å². The van der Waals surface area contributed by atoms with Gasteiger partial charge in [-0.3, -0.25) is 4.79 Å². The number of benzene rings is 2. The van der Waals surface area contributed by atoms with E-state index in [-0.39, 0.29) is 17.7 Å². The van der Waals surface area contributed by atoms with Crippen LogP contribution in [-0.2, 0) is 0 Å². The molecule has 2 N–H and O–H groups in total. The van der Waals surface area contributed by atoms with Gasteiger partial charge in [0, 0.05) is 11.1 Å². The fraction of sp³-hybridized carbons (Fsp3) is 0.188. The lowest BCUT2D eigenvalue weighted by molar-refractivity contribution is 0.0939. The van der Waals surface area contributed by atoms with Gasteiger partial charge in [0.25, 0.3) is 5.91 Å². The Morgan fingerprint density at radius 3 is 2.45 bits per heavy atom. The highest BCUT2D eigenvalue weighted by molar-refractivity contribution is 5.94. The van der Waals surface area contributed by atoms with Gasteiger partial charge in [-0.25, -0.2) is 0 Å². The van der Waals surface area contributed by atoms with Crippen LogP contribution in [0.4, 0.5) is 0 Å². The van der Waals surface area contributed by atoms with Crippen LogP contribution in [-0.4, -0.2) is 18.1 Å². The molecular formula is C16H17NO3. The minimum atomic E-state index is -0.191. The topological polar surface area (TPSA) is 58.6 Å². The van der Waals surface area contributed by atoms with Gasteiger partial charge in [-0.1, -0.05) is 18.2 Å². The molecule has 20 heavy (non-hydrogen) atoms. The zero-order chi connectivity index (χ0) is 14.5. The first-order valence-corrected chi connectivity index (χ1v) is 6.34. The van der Waals surface area contributed by atoms with E-state index in [1.807, 2.05) is 31.2 Å². The van der Waals surface area contributed by atoms with Gasteiger partial charge in [-0.05, 0) is 37.3 Å². The molecule has 1 atom stereocenters. The maximum Gasteiger partial charge on any atom is 0.251 e. The highest BCUT2D eigenvalue weighted by atomic mass is 16.5. The average Bonchev–Trinajstić information content (AvgIpc) is 2.47. The second-order valence-electron chi connectivity index (χ2n) is 4.48. The van der Waals surface area contributed by atoms with Gasteiger partial charge in [0.2, 0.25) is 0 Å². The maximum absolute atomic E-state index is 12.1. The molecule has 2 aromatic rings. The van der Waals surface area contributed by atoms with Gasteiger partial charge in [-0.15, -0.1) is 0 Å². The summed E-state index contributed by atoms with van der Waals surface area (Å²) >= 11 is 0. The number of hydrogen-bond donors (Lipinski definition) is 2. The van der Waals surface area contributed by atoms with E-state index in [2.05, 4.69) is 5.32 Å². The molecule has 4 nitrogen and oxygen atoms in total. The summed E-state index contributed by atoms with van der Waals surface area (Å²) in [5, 5.41) is 12.1. The molecule has 0 saturated carbocycles. The summed E-state index contributed by atoms with van der Waals surface area (Å²) in [5.74, 6) is 0.689. The standard InChI is InChI=1S/C16H17NO3/c1-11(14-5-3-4-6-15(14)20-2)17-16(19)12-7-9-13(18)10-8-12/h3-11,18H,1-2H3,(H,17,19)/t11-/m1/s1. The number of rotatable bonds is 4. The third kappa shape index (κ3) is 3.09. The Bertz CT molecular complexity index is 593. The molecule has 0 heterocycles. The fourth-order valence-corrected chi connectivity index (χ4v) is 1.99. The van der Waals surface area contributed by atoms with E-state index in [9.17, 15) is 9.90 Å². The quantitative estimate of drug-likeness (QED) is 0.899. The van der Waals surface area contributed by atoms with Crippen LogP contribution in [0.1, 0.15) is 28.9 Å². The summed E-state index contributed by atoms with van der Waals surface area (Å²) in [6.45, 7) is 1.90. The summed E-state index contributed by atoms with van der Waals surface area (Å²) in [6, 6.07) is 13.5. The van der Waals surface area contributed by atoms with Gasteiger partial charge < -0.3 is 15.2 Å². The Morgan fingerprint density at radius 1 is 1.15 bits per heavy atom. The predicted molar refractivity (Wildman–Crippen MR) is 77.0 cm³/mol. The zero-order valence-electron chi connectivity index (χ0n) is 11.5. The van der Waals surface area contributed by atoms with E-state index in [0.717, 1.165) is 11.3 Å². The Labute approximate surface area is 118 Å². The Balaban J connectivity index is 2.13. The third-order valence-electron chi connectivity index (χ3n) is 3.08. The van der Waals surface area contributed by atoms with Crippen LogP contribution >= 0.6 is 0 Å². The average molecular weight is 271 g/mol. The Hall–Kier alpha value is -2.49. The first kappa shape index (κ1) is 13.9. The van der Waals surface area contributed by atoms with Crippen molar-refractivity contribution in [1.82, 2.24) is 5.32 Å². The van der Waals surface area contributed by atoms with E-state index >= 15 is 0 Å². The molecule has 0 aliphatic heterocycles. The summed E-state index contributed by atoms with van der Waals surface area (Å²) < 4.78 is 5.29. The number of phenols is 1. The largest absolute Gasteiger partial charge is 0.508 e. The smallest absolute Gasteiger partial charge is 0.251 e. The number of hydrogen-bond acceptors (Lipinski definition) is 3. The Morgan fingerprint density at radius 2 is 1.80 bits per heavy atom. The zero-order valence-corrected chi connectivity index (χ0v) is 11.5. The number of ether oxygens (including phenoxy) is 1. The van der Waals surface area contributed by atoms with Crippen LogP contribution in [0.3, 0.4) is 0 Å². The number of carbonyl (C=O) groups excluding carboxylic acids is 1. The van der Waals surface area contributed by atoms with E-state index in [1.54, 1.807) is 19.2 Å². The van der Waals surface area contributed by atoms with Crippen molar-refractivity contribution < 1.29 is 14.6 Å². The number of nitrogens with one attached hydrogen (secondary N) is 1. The molecule has 0 fully saturated rings. The van der Waals surface area contributed by atoms with Crippen molar-refractivity contribution in [3.8, 4) is 11.5 Å². The van der Waals surface area contributed by atoms with Crippen molar-refractivity contribution in [2.75, 3.05) is 7.11 Å². The second kappa shape index (κ2) is 6.10. The number of amides is 1. The molecule has 0 aliphatic rings. The first-order chi connectivity index (χ1) is 9.61. The third-order valence-corrected chi connectivity index (χ3v) is 3.08. The number of para-hydroxylation sites is 1.